The van der Waals surface area contributed by atoms with E-state index >= 15 is 0 Å². The van der Waals surface area contributed by atoms with Crippen molar-refractivity contribution in [2.24, 2.45) is 11.5 Å². The molecule has 3 aromatic carbocycles. The van der Waals surface area contributed by atoms with Crippen molar-refractivity contribution in [2.75, 3.05) is 33.0 Å². The third kappa shape index (κ3) is 13.2. The third-order valence-electron chi connectivity index (χ3n) is 7.31. The number of carbonyl (C=O) groups excluding carboxylic acids is 1. The molecule has 0 spiro atoms. The number of hydrogen-bond donors (Lipinski definition) is 4. The van der Waals surface area contributed by atoms with E-state index in [1.807, 2.05) is 12.1 Å². The van der Waals surface area contributed by atoms with Gasteiger partial charge in [0.1, 0.15) is 17.2 Å². The highest BCUT2D eigenvalue weighted by Gasteiger charge is 2.11. The van der Waals surface area contributed by atoms with Crippen LogP contribution in [0, 0.1) is 6.92 Å². The number of phenols is 1. The van der Waals surface area contributed by atoms with Gasteiger partial charge >= 0.3 is 0 Å². The minimum absolute atomic E-state index is 0.0260. The Morgan fingerprint density at radius 1 is 0.911 bits per heavy atom. The molecule has 0 bridgehead atoms. The number of aryl methyl sites for hydroxylation is 1. The molecule has 0 heterocycles. The topological polar surface area (TPSA) is 114 Å². The molecule has 0 atom stereocenters. The molecule has 0 aliphatic heterocycles. The van der Waals surface area contributed by atoms with Gasteiger partial charge < -0.3 is 31.5 Å². The number of amides is 1. The summed E-state index contributed by atoms with van der Waals surface area (Å²) in [5.74, 6) is 1.14. The predicted molar refractivity (Wildman–Crippen MR) is 193 cm³/mol. The zero-order chi connectivity index (χ0) is 33.9. The number of carbonyl (C=O) groups is 1. The summed E-state index contributed by atoms with van der Waals surface area (Å²) in [7, 11) is 5.71. The number of benzene rings is 3. The zero-order valence-electron chi connectivity index (χ0n) is 29.0. The lowest BCUT2D eigenvalue weighted by atomic mass is 9.96. The summed E-state index contributed by atoms with van der Waals surface area (Å²) in [5, 5.41) is 13.2. The molecule has 1 amide bonds. The minimum atomic E-state index is -0.281. The largest absolute Gasteiger partial charge is 0.507 e. The average molecular weight is 617 g/mol. The molecule has 3 aromatic rings. The number of anilines is 1. The van der Waals surface area contributed by atoms with Crippen molar-refractivity contribution in [3.63, 3.8) is 0 Å². The van der Waals surface area contributed by atoms with Gasteiger partial charge in [0.25, 0.3) is 5.91 Å². The maximum Gasteiger partial charge on any atom is 0.255 e. The van der Waals surface area contributed by atoms with Crippen molar-refractivity contribution >= 4 is 22.9 Å². The van der Waals surface area contributed by atoms with Crippen LogP contribution in [-0.2, 0) is 0 Å². The second kappa shape index (κ2) is 20.8. The van der Waals surface area contributed by atoms with Gasteiger partial charge in [-0.05, 0) is 133 Å². The Balaban J connectivity index is 0.000000991. The Morgan fingerprint density at radius 3 is 2.09 bits per heavy atom. The van der Waals surface area contributed by atoms with Crippen molar-refractivity contribution < 1.29 is 14.6 Å². The molecule has 246 valence electrons. The number of ether oxygens (including phenoxy) is 1. The van der Waals surface area contributed by atoms with Crippen molar-refractivity contribution in [3.8, 4) is 17.2 Å². The third-order valence-corrected chi connectivity index (χ3v) is 7.31. The molecular formula is C38H56N4O3. The number of nitrogens with two attached hydrogens (primary N) is 2. The standard InChI is InChI=1S/C31H36N2O3.C6H15N.CH5N/c1-6-8-9-29(32)27-17-13-24(18-30(27)34)33-31(35)23-11-15-25(16-12-23)36-26-14-10-21(4)28(19-26)22(5)20(3)7-2;1-4-5-6-7(2)3;1-2/h9-19,34H,6-8,32H2,1-5H3,(H,33,35);4-6H2,1-3H3;2H2,1H3/b22-20-,29-9?;;. The normalized spacial score (nSPS) is 11.5. The number of unbranched alkanes of at least 4 members (excludes halogenated alkanes) is 2. The van der Waals surface area contributed by atoms with E-state index in [2.05, 4.69) is 83.7 Å². The minimum Gasteiger partial charge on any atom is -0.507 e. The summed E-state index contributed by atoms with van der Waals surface area (Å²) in [6.45, 7) is 14.1. The second-order valence-corrected chi connectivity index (χ2v) is 11.2. The molecule has 0 aromatic heterocycles. The van der Waals surface area contributed by atoms with Gasteiger partial charge in [-0.1, -0.05) is 51.3 Å². The van der Waals surface area contributed by atoms with Crippen molar-refractivity contribution in [1.82, 2.24) is 4.90 Å². The van der Waals surface area contributed by atoms with E-state index in [9.17, 15) is 9.90 Å². The fourth-order valence-corrected chi connectivity index (χ4v) is 4.32. The van der Waals surface area contributed by atoms with Crippen LogP contribution in [0.15, 0.2) is 72.3 Å². The Morgan fingerprint density at radius 2 is 1.56 bits per heavy atom. The second-order valence-electron chi connectivity index (χ2n) is 11.2. The van der Waals surface area contributed by atoms with Crippen LogP contribution in [0.1, 0.15) is 93.8 Å². The number of aromatic hydroxyl groups is 1. The van der Waals surface area contributed by atoms with Crippen LogP contribution in [0.2, 0.25) is 0 Å². The number of nitrogens with one attached hydrogen (secondary N) is 1. The molecule has 7 heteroatoms. The first-order valence-corrected chi connectivity index (χ1v) is 15.9. The van der Waals surface area contributed by atoms with Crippen LogP contribution in [0.4, 0.5) is 5.69 Å². The quantitative estimate of drug-likeness (QED) is 0.162. The fraction of sp³-hybridized carbons (Fsp3) is 0.395. The summed E-state index contributed by atoms with van der Waals surface area (Å²) in [6.07, 6.45) is 7.34. The van der Waals surface area contributed by atoms with E-state index in [-0.39, 0.29) is 11.7 Å². The molecule has 3 rings (SSSR count). The van der Waals surface area contributed by atoms with Crippen LogP contribution in [0.5, 0.6) is 17.2 Å². The van der Waals surface area contributed by atoms with Crippen molar-refractivity contribution in [3.05, 3.63) is 94.6 Å². The first-order chi connectivity index (χ1) is 21.5. The molecule has 0 saturated carbocycles. The van der Waals surface area contributed by atoms with E-state index in [0.717, 1.165) is 25.0 Å². The lowest BCUT2D eigenvalue weighted by Crippen LogP contribution is -2.12. The molecule has 0 radical (unpaired) electrons. The maximum absolute atomic E-state index is 12.7. The Hall–Kier alpha value is -4.07. The van der Waals surface area contributed by atoms with Gasteiger partial charge in [0, 0.05) is 28.6 Å². The van der Waals surface area contributed by atoms with Crippen molar-refractivity contribution in [2.45, 2.75) is 73.6 Å². The van der Waals surface area contributed by atoms with E-state index in [1.54, 1.807) is 36.4 Å². The predicted octanol–water partition coefficient (Wildman–Crippen LogP) is 8.97. The summed E-state index contributed by atoms with van der Waals surface area (Å²) >= 11 is 0. The van der Waals surface area contributed by atoms with Crippen LogP contribution in [0.3, 0.4) is 0 Å². The summed E-state index contributed by atoms with van der Waals surface area (Å²) in [6, 6.07) is 18.0. The van der Waals surface area contributed by atoms with E-state index in [0.29, 0.717) is 28.3 Å². The highest BCUT2D eigenvalue weighted by Crippen LogP contribution is 2.30. The molecule has 0 saturated heterocycles. The summed E-state index contributed by atoms with van der Waals surface area (Å²) < 4.78 is 6.07. The molecule has 0 aliphatic carbocycles. The van der Waals surface area contributed by atoms with Crippen LogP contribution in [-0.4, -0.2) is 43.6 Å². The van der Waals surface area contributed by atoms with Crippen LogP contribution in [0.25, 0.3) is 11.3 Å². The first kappa shape index (κ1) is 39.0. The number of rotatable bonds is 12. The van der Waals surface area contributed by atoms with Gasteiger partial charge in [-0.2, -0.15) is 0 Å². The summed E-state index contributed by atoms with van der Waals surface area (Å²) in [4.78, 5) is 14.9. The first-order valence-electron chi connectivity index (χ1n) is 15.9. The molecule has 0 aliphatic rings. The van der Waals surface area contributed by atoms with Gasteiger partial charge in [0.2, 0.25) is 0 Å². The van der Waals surface area contributed by atoms with Crippen molar-refractivity contribution in [1.29, 1.82) is 0 Å². The maximum atomic E-state index is 12.7. The van der Waals surface area contributed by atoms with Gasteiger partial charge in [-0.3, -0.25) is 4.79 Å². The highest BCUT2D eigenvalue weighted by molar-refractivity contribution is 6.04. The SMILES string of the molecule is CCCC=C(N)c1ccc(NC(=O)c2ccc(Oc3ccc(C)c(/C(C)=C(/C)CC)c3)cc2)cc1O.CCCCN(C)C.CN. The van der Waals surface area contributed by atoms with Gasteiger partial charge in [0.15, 0.2) is 0 Å². The van der Waals surface area contributed by atoms with Crippen LogP contribution < -0.4 is 21.5 Å². The van der Waals surface area contributed by atoms with E-state index in [4.69, 9.17) is 10.5 Å². The molecule has 45 heavy (non-hydrogen) atoms. The number of phenolic OH excluding ortho intramolecular Hbond substituents is 1. The Labute approximate surface area is 272 Å². The highest BCUT2D eigenvalue weighted by atomic mass is 16.5. The van der Waals surface area contributed by atoms with Gasteiger partial charge in [-0.15, -0.1) is 0 Å². The monoisotopic (exact) mass is 616 g/mol. The van der Waals surface area contributed by atoms with E-state index in [1.165, 1.54) is 54.8 Å². The number of nitrogens with zero attached hydrogens (tertiary/aromatic N) is 1. The molecule has 0 fully saturated rings. The lowest BCUT2D eigenvalue weighted by Gasteiger charge is -2.13. The van der Waals surface area contributed by atoms with Crippen LogP contribution >= 0.6 is 0 Å². The fourth-order valence-electron chi connectivity index (χ4n) is 4.32. The smallest absolute Gasteiger partial charge is 0.255 e. The average Bonchev–Trinajstić information content (AvgIpc) is 3.04. The Bertz CT molecular complexity index is 1390. The molecule has 7 nitrogen and oxygen atoms in total. The zero-order valence-corrected chi connectivity index (χ0v) is 29.0. The molecule has 0 unspecified atom stereocenters. The lowest BCUT2D eigenvalue weighted by molar-refractivity contribution is 0.102. The van der Waals surface area contributed by atoms with E-state index < -0.39 is 0 Å². The Kier molecular flexibility index (Phi) is 18.0. The molecular weight excluding hydrogens is 560 g/mol. The van der Waals surface area contributed by atoms with Gasteiger partial charge in [0.05, 0.1) is 0 Å². The number of hydrogen-bond acceptors (Lipinski definition) is 6. The number of allylic oxidation sites excluding steroid dienone is 3. The summed E-state index contributed by atoms with van der Waals surface area (Å²) in [5.41, 5.74) is 17.6. The van der Waals surface area contributed by atoms with Gasteiger partial charge in [-0.25, -0.2) is 0 Å². The molecule has 6 N–H and O–H groups in total.